The minimum atomic E-state index is -0.438. The molecule has 0 saturated carbocycles. The lowest BCUT2D eigenvalue weighted by Crippen LogP contribution is -2.43. The van der Waals surface area contributed by atoms with Crippen LogP contribution in [0.3, 0.4) is 0 Å². The number of carbonyl (C=O) groups is 2. The third-order valence-corrected chi connectivity index (χ3v) is 7.02. The van der Waals surface area contributed by atoms with Crippen LogP contribution < -0.4 is 5.56 Å². The van der Waals surface area contributed by atoms with E-state index in [1.54, 1.807) is 34.9 Å². The SMILES string of the molecule is CCOC(=O)C1CCN(C(=O)C(C)Sc2nc3ccccc3c(=O)n2Cc2cccnc2)CC1. The van der Waals surface area contributed by atoms with Crippen LogP contribution in [0, 0.1) is 5.92 Å². The summed E-state index contributed by atoms with van der Waals surface area (Å²) in [5.74, 6) is -0.363. The van der Waals surface area contributed by atoms with Crippen LogP contribution in [0.25, 0.3) is 10.9 Å². The van der Waals surface area contributed by atoms with E-state index in [0.29, 0.717) is 55.1 Å². The van der Waals surface area contributed by atoms with Crippen LogP contribution in [0.5, 0.6) is 0 Å². The van der Waals surface area contributed by atoms with Gasteiger partial charge in [-0.25, -0.2) is 4.98 Å². The highest BCUT2D eigenvalue weighted by Gasteiger charge is 2.31. The molecule has 1 atom stereocenters. The first-order valence-electron chi connectivity index (χ1n) is 11.5. The molecule has 1 saturated heterocycles. The lowest BCUT2D eigenvalue weighted by atomic mass is 9.97. The molecule has 1 amide bonds. The molecule has 1 aliphatic rings. The predicted molar refractivity (Wildman–Crippen MR) is 131 cm³/mol. The highest BCUT2D eigenvalue weighted by Crippen LogP contribution is 2.27. The number of likely N-dealkylation sites (tertiary alicyclic amines) is 1. The van der Waals surface area contributed by atoms with Gasteiger partial charge < -0.3 is 9.64 Å². The molecular weight excluding hydrogens is 452 g/mol. The van der Waals surface area contributed by atoms with Crippen LogP contribution in [-0.2, 0) is 20.9 Å². The first-order valence-corrected chi connectivity index (χ1v) is 12.4. The Bertz CT molecular complexity index is 1220. The largest absolute Gasteiger partial charge is 0.466 e. The lowest BCUT2D eigenvalue weighted by Gasteiger charge is -2.32. The van der Waals surface area contributed by atoms with E-state index in [1.807, 2.05) is 37.3 Å². The number of para-hydroxylation sites is 1. The number of amides is 1. The fourth-order valence-electron chi connectivity index (χ4n) is 4.11. The summed E-state index contributed by atoms with van der Waals surface area (Å²) in [5.41, 5.74) is 1.34. The van der Waals surface area contributed by atoms with Crippen LogP contribution in [-0.4, -0.2) is 56.3 Å². The Hall–Kier alpha value is -3.20. The summed E-state index contributed by atoms with van der Waals surface area (Å²) in [4.78, 5) is 49.2. The number of esters is 1. The molecule has 1 unspecified atom stereocenters. The van der Waals surface area contributed by atoms with E-state index >= 15 is 0 Å². The zero-order valence-corrected chi connectivity index (χ0v) is 20.2. The van der Waals surface area contributed by atoms with Crippen molar-refractivity contribution in [3.63, 3.8) is 0 Å². The van der Waals surface area contributed by atoms with Gasteiger partial charge in [0.05, 0.1) is 35.2 Å². The van der Waals surface area contributed by atoms with E-state index in [-0.39, 0.29) is 23.4 Å². The van der Waals surface area contributed by atoms with Gasteiger partial charge in [-0.2, -0.15) is 0 Å². The molecule has 1 aromatic carbocycles. The zero-order chi connectivity index (χ0) is 24.1. The third kappa shape index (κ3) is 5.30. The van der Waals surface area contributed by atoms with Crippen molar-refractivity contribution in [2.75, 3.05) is 19.7 Å². The standard InChI is InChI=1S/C25H28N4O4S/c1-3-33-24(32)19-10-13-28(14-11-19)22(30)17(2)34-25-27-21-9-5-4-8-20(21)23(31)29(25)16-18-7-6-12-26-15-18/h4-9,12,15,17,19H,3,10-11,13-14,16H2,1-2H3. The highest BCUT2D eigenvalue weighted by molar-refractivity contribution is 8.00. The maximum Gasteiger partial charge on any atom is 0.309 e. The predicted octanol–water partition coefficient (Wildman–Crippen LogP) is 3.12. The van der Waals surface area contributed by atoms with Crippen LogP contribution >= 0.6 is 11.8 Å². The second-order valence-electron chi connectivity index (χ2n) is 8.28. The summed E-state index contributed by atoms with van der Waals surface area (Å²) < 4.78 is 6.73. The van der Waals surface area contributed by atoms with Crippen LogP contribution in [0.1, 0.15) is 32.3 Å². The second-order valence-corrected chi connectivity index (χ2v) is 9.58. The highest BCUT2D eigenvalue weighted by atomic mass is 32.2. The molecule has 4 rings (SSSR count). The van der Waals surface area contributed by atoms with E-state index < -0.39 is 5.25 Å². The number of benzene rings is 1. The van der Waals surface area contributed by atoms with Crippen molar-refractivity contribution in [2.45, 2.75) is 43.6 Å². The summed E-state index contributed by atoms with van der Waals surface area (Å²) >= 11 is 1.28. The number of carbonyl (C=O) groups excluding carboxylic acids is 2. The van der Waals surface area contributed by atoms with Crippen molar-refractivity contribution in [1.29, 1.82) is 0 Å². The number of aromatic nitrogens is 3. The second kappa shape index (κ2) is 10.8. The average molecular weight is 481 g/mol. The Morgan fingerprint density at radius 2 is 1.94 bits per heavy atom. The molecule has 0 spiro atoms. The smallest absolute Gasteiger partial charge is 0.309 e. The Kier molecular flexibility index (Phi) is 7.62. The monoisotopic (exact) mass is 480 g/mol. The van der Waals surface area contributed by atoms with Crippen molar-refractivity contribution >= 4 is 34.5 Å². The van der Waals surface area contributed by atoms with Crippen molar-refractivity contribution < 1.29 is 14.3 Å². The van der Waals surface area contributed by atoms with Crippen molar-refractivity contribution in [3.05, 3.63) is 64.7 Å². The molecule has 9 heteroatoms. The number of fused-ring (bicyclic) bond motifs is 1. The Balaban J connectivity index is 1.54. The molecule has 2 aromatic heterocycles. The number of piperidine rings is 1. The molecule has 0 radical (unpaired) electrons. The molecule has 178 valence electrons. The van der Waals surface area contributed by atoms with E-state index in [2.05, 4.69) is 4.98 Å². The normalized spacial score (nSPS) is 15.3. The molecule has 0 N–H and O–H groups in total. The molecule has 34 heavy (non-hydrogen) atoms. The van der Waals surface area contributed by atoms with Gasteiger partial charge >= 0.3 is 5.97 Å². The van der Waals surface area contributed by atoms with Gasteiger partial charge in [0, 0.05) is 25.5 Å². The zero-order valence-electron chi connectivity index (χ0n) is 19.3. The first kappa shape index (κ1) is 23.9. The summed E-state index contributed by atoms with van der Waals surface area (Å²) in [6.07, 6.45) is 4.61. The van der Waals surface area contributed by atoms with Crippen LogP contribution in [0.2, 0.25) is 0 Å². The van der Waals surface area contributed by atoms with E-state index in [4.69, 9.17) is 9.72 Å². The fraction of sp³-hybridized carbons (Fsp3) is 0.400. The van der Waals surface area contributed by atoms with Gasteiger partial charge in [0.15, 0.2) is 5.16 Å². The number of hydrogen-bond acceptors (Lipinski definition) is 7. The Morgan fingerprint density at radius 3 is 2.65 bits per heavy atom. The van der Waals surface area contributed by atoms with Gasteiger partial charge in [0.25, 0.3) is 5.56 Å². The molecule has 1 fully saturated rings. The topological polar surface area (TPSA) is 94.4 Å². The minimum Gasteiger partial charge on any atom is -0.466 e. The number of pyridine rings is 1. The summed E-state index contributed by atoms with van der Waals surface area (Å²) in [6, 6.07) is 11.0. The fourth-order valence-corrected chi connectivity index (χ4v) is 5.10. The molecule has 3 heterocycles. The van der Waals surface area contributed by atoms with Gasteiger partial charge in [-0.05, 0) is 50.5 Å². The van der Waals surface area contributed by atoms with E-state index in [0.717, 1.165) is 5.56 Å². The van der Waals surface area contributed by atoms with Gasteiger partial charge in [-0.1, -0.05) is 30.0 Å². The van der Waals surface area contributed by atoms with Crippen molar-refractivity contribution in [2.24, 2.45) is 5.92 Å². The lowest BCUT2D eigenvalue weighted by molar-refractivity contribution is -0.151. The van der Waals surface area contributed by atoms with Crippen LogP contribution in [0.15, 0.2) is 58.7 Å². The van der Waals surface area contributed by atoms with Gasteiger partial charge in [-0.15, -0.1) is 0 Å². The van der Waals surface area contributed by atoms with E-state index in [9.17, 15) is 14.4 Å². The first-order chi connectivity index (χ1) is 16.5. The Labute approximate surface area is 202 Å². The number of rotatable bonds is 7. The maximum atomic E-state index is 13.3. The summed E-state index contributed by atoms with van der Waals surface area (Å²) in [5, 5.41) is 0.595. The number of thioether (sulfide) groups is 1. The minimum absolute atomic E-state index is 0.0253. The molecular formula is C25H28N4O4S. The van der Waals surface area contributed by atoms with Crippen molar-refractivity contribution in [1.82, 2.24) is 19.4 Å². The van der Waals surface area contributed by atoms with Crippen LogP contribution in [0.4, 0.5) is 0 Å². The number of hydrogen-bond donors (Lipinski definition) is 0. The molecule has 8 nitrogen and oxygen atoms in total. The van der Waals surface area contributed by atoms with E-state index in [1.165, 1.54) is 11.8 Å². The molecule has 0 bridgehead atoms. The van der Waals surface area contributed by atoms with Crippen molar-refractivity contribution in [3.8, 4) is 0 Å². The summed E-state index contributed by atoms with van der Waals surface area (Å²) in [6.45, 7) is 5.34. The number of ether oxygens (including phenoxy) is 1. The summed E-state index contributed by atoms with van der Waals surface area (Å²) in [7, 11) is 0. The molecule has 0 aliphatic carbocycles. The van der Waals surface area contributed by atoms with Gasteiger partial charge in [0.2, 0.25) is 5.91 Å². The third-order valence-electron chi connectivity index (χ3n) is 5.95. The average Bonchev–Trinajstić information content (AvgIpc) is 2.86. The quantitative estimate of drug-likeness (QED) is 0.291. The number of nitrogens with zero attached hydrogens (tertiary/aromatic N) is 4. The van der Waals surface area contributed by atoms with Gasteiger partial charge in [0.1, 0.15) is 0 Å². The molecule has 1 aliphatic heterocycles. The Morgan fingerprint density at radius 1 is 1.18 bits per heavy atom. The maximum absolute atomic E-state index is 13.3. The molecule has 3 aromatic rings. The van der Waals surface area contributed by atoms with Gasteiger partial charge in [-0.3, -0.25) is 23.9 Å².